The van der Waals surface area contributed by atoms with Crippen LogP contribution in [-0.2, 0) is 4.79 Å². The Morgan fingerprint density at radius 3 is 2.05 bits per heavy atom. The molecule has 5 nitrogen and oxygen atoms in total. The normalized spacial score (nSPS) is 14.6. The lowest BCUT2D eigenvalue weighted by atomic mass is 9.84. The molecular formula is C16H32N2O3. The van der Waals surface area contributed by atoms with Crippen molar-refractivity contribution in [3.8, 4) is 0 Å². The standard InChI is InChI=1S/C16H32N2O3/c1-7-12(8-2)11(3)18-15(21)17-10-13(14(19)20)9-16(4,5)6/h11-13H,7-10H2,1-6H3,(H,19,20)(H2,17,18,21). The quantitative estimate of drug-likeness (QED) is 0.644. The van der Waals surface area contributed by atoms with Gasteiger partial charge in [-0.15, -0.1) is 0 Å². The molecule has 0 fully saturated rings. The van der Waals surface area contributed by atoms with Gasteiger partial charge < -0.3 is 15.7 Å². The zero-order valence-corrected chi connectivity index (χ0v) is 14.3. The van der Waals surface area contributed by atoms with Gasteiger partial charge in [-0.25, -0.2) is 4.79 Å². The van der Waals surface area contributed by atoms with Crippen LogP contribution in [0, 0.1) is 17.3 Å². The number of hydrogen-bond donors (Lipinski definition) is 3. The fraction of sp³-hybridized carbons (Fsp3) is 0.875. The van der Waals surface area contributed by atoms with E-state index in [0.717, 1.165) is 12.8 Å². The third-order valence-electron chi connectivity index (χ3n) is 3.83. The van der Waals surface area contributed by atoms with Crippen LogP contribution in [0.4, 0.5) is 4.79 Å². The summed E-state index contributed by atoms with van der Waals surface area (Å²) in [5.41, 5.74) is -0.0793. The fourth-order valence-electron chi connectivity index (χ4n) is 2.57. The van der Waals surface area contributed by atoms with Gasteiger partial charge >= 0.3 is 12.0 Å². The first-order chi connectivity index (χ1) is 9.60. The van der Waals surface area contributed by atoms with Gasteiger partial charge in [0.15, 0.2) is 0 Å². The Morgan fingerprint density at radius 1 is 1.14 bits per heavy atom. The molecule has 0 aliphatic heterocycles. The summed E-state index contributed by atoms with van der Waals surface area (Å²) in [7, 11) is 0. The largest absolute Gasteiger partial charge is 0.481 e. The number of rotatable bonds is 8. The van der Waals surface area contributed by atoms with E-state index in [-0.39, 0.29) is 24.0 Å². The maximum absolute atomic E-state index is 11.9. The number of carbonyl (C=O) groups is 2. The van der Waals surface area contributed by atoms with Crippen molar-refractivity contribution in [1.82, 2.24) is 10.6 Å². The molecule has 0 heterocycles. The zero-order chi connectivity index (χ0) is 16.6. The maximum Gasteiger partial charge on any atom is 0.315 e. The smallest absolute Gasteiger partial charge is 0.315 e. The molecule has 0 spiro atoms. The summed E-state index contributed by atoms with van der Waals surface area (Å²) in [5.74, 6) is -0.974. The minimum absolute atomic E-state index is 0.0793. The van der Waals surface area contributed by atoms with Gasteiger partial charge in [0.2, 0.25) is 0 Å². The summed E-state index contributed by atoms with van der Waals surface area (Å²) in [4.78, 5) is 23.1. The minimum Gasteiger partial charge on any atom is -0.481 e. The van der Waals surface area contributed by atoms with E-state index in [1.165, 1.54) is 0 Å². The Morgan fingerprint density at radius 2 is 1.67 bits per heavy atom. The number of carboxylic acid groups (broad SMARTS) is 1. The topological polar surface area (TPSA) is 78.4 Å². The van der Waals surface area contributed by atoms with E-state index < -0.39 is 11.9 Å². The van der Waals surface area contributed by atoms with Gasteiger partial charge in [-0.05, 0) is 24.7 Å². The Hall–Kier alpha value is -1.26. The lowest BCUT2D eigenvalue weighted by Crippen LogP contribution is -2.46. The van der Waals surface area contributed by atoms with Crippen molar-refractivity contribution in [2.24, 2.45) is 17.3 Å². The number of aliphatic carboxylic acids is 1. The molecule has 0 radical (unpaired) electrons. The summed E-state index contributed by atoms with van der Waals surface area (Å²) >= 11 is 0. The molecule has 5 heteroatoms. The molecule has 0 saturated carbocycles. The Labute approximate surface area is 128 Å². The van der Waals surface area contributed by atoms with E-state index in [1.807, 2.05) is 27.7 Å². The SMILES string of the molecule is CCC(CC)C(C)NC(=O)NCC(CC(C)(C)C)C(=O)O. The van der Waals surface area contributed by atoms with Gasteiger partial charge in [-0.1, -0.05) is 47.5 Å². The monoisotopic (exact) mass is 300 g/mol. The van der Waals surface area contributed by atoms with Crippen LogP contribution in [0.15, 0.2) is 0 Å². The molecule has 2 atom stereocenters. The molecule has 0 aliphatic rings. The molecule has 0 aromatic heterocycles. The lowest BCUT2D eigenvalue weighted by Gasteiger charge is -2.25. The van der Waals surface area contributed by atoms with Crippen molar-refractivity contribution < 1.29 is 14.7 Å². The van der Waals surface area contributed by atoms with Crippen molar-refractivity contribution in [2.75, 3.05) is 6.54 Å². The highest BCUT2D eigenvalue weighted by Gasteiger charge is 2.25. The summed E-state index contributed by atoms with van der Waals surface area (Å²) in [6, 6.07) is -0.194. The Bertz CT molecular complexity index is 333. The highest BCUT2D eigenvalue weighted by molar-refractivity contribution is 5.76. The molecule has 21 heavy (non-hydrogen) atoms. The average Bonchev–Trinajstić information content (AvgIpc) is 2.34. The molecule has 0 saturated heterocycles. The molecular weight excluding hydrogens is 268 g/mol. The van der Waals surface area contributed by atoms with E-state index >= 15 is 0 Å². The van der Waals surface area contributed by atoms with E-state index in [1.54, 1.807) is 0 Å². The van der Waals surface area contributed by atoms with E-state index in [0.29, 0.717) is 12.3 Å². The van der Waals surface area contributed by atoms with Gasteiger partial charge in [0.05, 0.1) is 5.92 Å². The second-order valence-corrected chi connectivity index (χ2v) is 7.02. The van der Waals surface area contributed by atoms with Crippen molar-refractivity contribution in [3.63, 3.8) is 0 Å². The Kier molecular flexibility index (Phi) is 8.37. The second-order valence-electron chi connectivity index (χ2n) is 7.02. The molecule has 0 aliphatic carbocycles. The molecule has 0 aromatic rings. The lowest BCUT2D eigenvalue weighted by molar-refractivity contribution is -0.142. The van der Waals surface area contributed by atoms with Gasteiger partial charge in [0, 0.05) is 12.6 Å². The van der Waals surface area contributed by atoms with Crippen LogP contribution >= 0.6 is 0 Å². The molecule has 0 rings (SSSR count). The molecule has 0 aromatic carbocycles. The highest BCUT2D eigenvalue weighted by atomic mass is 16.4. The number of amides is 2. The molecule has 2 unspecified atom stereocenters. The molecule has 0 bridgehead atoms. The number of hydrogen-bond acceptors (Lipinski definition) is 2. The maximum atomic E-state index is 11.9. The van der Waals surface area contributed by atoms with Gasteiger partial charge in [0.1, 0.15) is 0 Å². The summed E-state index contributed by atoms with van der Waals surface area (Å²) < 4.78 is 0. The number of carbonyl (C=O) groups excluding carboxylic acids is 1. The van der Waals surface area contributed by atoms with Gasteiger partial charge in [-0.3, -0.25) is 4.79 Å². The highest BCUT2D eigenvalue weighted by Crippen LogP contribution is 2.24. The fourth-order valence-corrected chi connectivity index (χ4v) is 2.57. The summed E-state index contributed by atoms with van der Waals surface area (Å²) in [5, 5.41) is 14.8. The van der Waals surface area contributed by atoms with Crippen LogP contribution in [0.25, 0.3) is 0 Å². The third kappa shape index (κ3) is 8.58. The first-order valence-corrected chi connectivity index (χ1v) is 7.87. The summed E-state index contributed by atoms with van der Waals surface area (Å²) in [6.07, 6.45) is 2.56. The van der Waals surface area contributed by atoms with Gasteiger partial charge in [0.25, 0.3) is 0 Å². The number of urea groups is 1. The molecule has 3 N–H and O–H groups in total. The molecule has 2 amide bonds. The number of carboxylic acids is 1. The van der Waals surface area contributed by atoms with Crippen LogP contribution in [0.5, 0.6) is 0 Å². The van der Waals surface area contributed by atoms with Crippen LogP contribution in [0.1, 0.15) is 60.8 Å². The predicted molar refractivity (Wildman–Crippen MR) is 85.3 cm³/mol. The third-order valence-corrected chi connectivity index (χ3v) is 3.83. The van der Waals surface area contributed by atoms with Crippen LogP contribution in [0.3, 0.4) is 0 Å². The first kappa shape index (κ1) is 19.7. The summed E-state index contributed by atoms with van der Waals surface area (Å²) in [6.45, 7) is 12.4. The van der Waals surface area contributed by atoms with Crippen LogP contribution in [0.2, 0.25) is 0 Å². The van der Waals surface area contributed by atoms with E-state index in [9.17, 15) is 14.7 Å². The van der Waals surface area contributed by atoms with Crippen molar-refractivity contribution >= 4 is 12.0 Å². The van der Waals surface area contributed by atoms with Crippen LogP contribution < -0.4 is 10.6 Å². The number of nitrogens with one attached hydrogen (secondary N) is 2. The van der Waals surface area contributed by atoms with Crippen LogP contribution in [-0.4, -0.2) is 29.7 Å². The van der Waals surface area contributed by atoms with Crippen molar-refractivity contribution in [3.05, 3.63) is 0 Å². The predicted octanol–water partition coefficient (Wildman–Crippen LogP) is 3.25. The average molecular weight is 300 g/mol. The first-order valence-electron chi connectivity index (χ1n) is 7.87. The van der Waals surface area contributed by atoms with Crippen molar-refractivity contribution in [1.29, 1.82) is 0 Å². The van der Waals surface area contributed by atoms with E-state index in [4.69, 9.17) is 0 Å². The Balaban J connectivity index is 4.35. The zero-order valence-electron chi connectivity index (χ0n) is 14.3. The minimum atomic E-state index is -0.863. The molecule has 124 valence electrons. The van der Waals surface area contributed by atoms with Crippen molar-refractivity contribution in [2.45, 2.75) is 66.8 Å². The van der Waals surface area contributed by atoms with E-state index in [2.05, 4.69) is 24.5 Å². The van der Waals surface area contributed by atoms with Gasteiger partial charge in [-0.2, -0.15) is 0 Å². The second kappa shape index (κ2) is 8.90.